The van der Waals surface area contributed by atoms with Gasteiger partial charge in [-0.25, -0.2) is 4.39 Å². The third-order valence-corrected chi connectivity index (χ3v) is 9.14. The van der Waals surface area contributed by atoms with E-state index >= 15 is 4.39 Å². The lowest BCUT2D eigenvalue weighted by Crippen LogP contribution is -2.55. The van der Waals surface area contributed by atoms with E-state index in [1.165, 1.54) is 69.8 Å². The van der Waals surface area contributed by atoms with Gasteiger partial charge in [0.2, 0.25) is 0 Å². The molecule has 3 fully saturated rings. The third-order valence-electron chi connectivity index (χ3n) is 9.14. The summed E-state index contributed by atoms with van der Waals surface area (Å²) in [4.78, 5) is 0. The average Bonchev–Trinajstić information content (AvgIpc) is 2.81. The Morgan fingerprint density at radius 3 is 2.10 bits per heavy atom. The molecule has 0 amide bonds. The molecule has 0 N–H and O–H groups in total. The van der Waals surface area contributed by atoms with E-state index in [0.29, 0.717) is 5.41 Å². The van der Waals surface area contributed by atoms with E-state index in [4.69, 9.17) is 0 Å². The minimum Gasteiger partial charge on any atom is -0.238 e. The lowest BCUT2D eigenvalue weighted by Gasteiger charge is -2.59. The Hall–Kier alpha value is -1.37. The summed E-state index contributed by atoms with van der Waals surface area (Å²) in [7, 11) is 0. The zero-order valence-corrected chi connectivity index (χ0v) is 20.0. The molecule has 170 valence electrons. The summed E-state index contributed by atoms with van der Waals surface area (Å²) in [6, 6.07) is 8.91. The highest BCUT2D eigenvalue weighted by molar-refractivity contribution is 5.40. The Labute approximate surface area is 190 Å². The molecule has 2 unspecified atom stereocenters. The van der Waals surface area contributed by atoms with Gasteiger partial charge in [0.05, 0.1) is 0 Å². The molecule has 2 atom stereocenters. The molecule has 3 saturated carbocycles. The Bertz CT molecular complexity index is 746. The number of unbranched alkanes of at least 4 members (excludes halogenated alkanes) is 4. The molecule has 0 spiro atoms. The fourth-order valence-electron chi connectivity index (χ4n) is 6.91. The van der Waals surface area contributed by atoms with Crippen LogP contribution in [0.4, 0.5) is 4.39 Å². The van der Waals surface area contributed by atoms with E-state index in [1.807, 2.05) is 12.2 Å². The second kappa shape index (κ2) is 9.63. The smallest absolute Gasteiger partial charge is 0.145 e. The summed E-state index contributed by atoms with van der Waals surface area (Å²) >= 11 is 0. The molecular weight excluding hydrogens is 379 g/mol. The van der Waals surface area contributed by atoms with Crippen LogP contribution < -0.4 is 0 Å². The molecule has 4 aliphatic carbocycles. The average molecular weight is 423 g/mol. The van der Waals surface area contributed by atoms with Crippen molar-refractivity contribution in [1.82, 2.24) is 0 Å². The monoisotopic (exact) mass is 422 g/mol. The van der Waals surface area contributed by atoms with Crippen molar-refractivity contribution >= 4 is 0 Å². The van der Waals surface area contributed by atoms with Gasteiger partial charge in [0.15, 0.2) is 0 Å². The van der Waals surface area contributed by atoms with Gasteiger partial charge in [0.25, 0.3) is 0 Å². The van der Waals surface area contributed by atoms with Crippen LogP contribution in [0.2, 0.25) is 0 Å². The molecule has 0 radical (unpaired) electrons. The number of hydrogen-bond donors (Lipinski definition) is 0. The lowest BCUT2D eigenvalue weighted by molar-refractivity contribution is -0.101. The van der Waals surface area contributed by atoms with E-state index < -0.39 is 5.67 Å². The van der Waals surface area contributed by atoms with Crippen LogP contribution in [0.1, 0.15) is 114 Å². The maximum absolute atomic E-state index is 17.1. The van der Waals surface area contributed by atoms with E-state index in [0.717, 1.165) is 31.2 Å². The van der Waals surface area contributed by atoms with E-state index in [9.17, 15) is 0 Å². The fraction of sp³-hybridized carbons (Fsp3) is 0.667. The van der Waals surface area contributed by atoms with Gasteiger partial charge in [-0.15, -0.1) is 0 Å². The van der Waals surface area contributed by atoms with Gasteiger partial charge in [0, 0.05) is 11.3 Å². The summed E-state index contributed by atoms with van der Waals surface area (Å²) in [6.45, 7) is 4.54. The zero-order valence-electron chi connectivity index (χ0n) is 20.0. The van der Waals surface area contributed by atoms with Crippen LogP contribution in [-0.2, 0) is 6.42 Å². The molecule has 2 bridgehead atoms. The maximum atomic E-state index is 17.1. The minimum atomic E-state index is -1.25. The van der Waals surface area contributed by atoms with Crippen molar-refractivity contribution in [3.63, 3.8) is 0 Å². The number of rotatable bonds is 10. The van der Waals surface area contributed by atoms with Crippen molar-refractivity contribution in [3.05, 3.63) is 59.7 Å². The van der Waals surface area contributed by atoms with Crippen LogP contribution in [0.3, 0.4) is 0 Å². The van der Waals surface area contributed by atoms with Gasteiger partial charge in [-0.05, 0) is 80.4 Å². The third kappa shape index (κ3) is 4.44. The van der Waals surface area contributed by atoms with E-state index in [1.54, 1.807) is 0 Å². The summed E-state index contributed by atoms with van der Waals surface area (Å²) in [5, 5.41) is 0. The van der Waals surface area contributed by atoms with E-state index in [-0.39, 0.29) is 11.3 Å². The summed E-state index contributed by atoms with van der Waals surface area (Å²) < 4.78 is 17.1. The summed E-state index contributed by atoms with van der Waals surface area (Å²) in [5.41, 5.74) is 1.65. The number of benzene rings is 1. The lowest BCUT2D eigenvalue weighted by atomic mass is 9.46. The highest BCUT2D eigenvalue weighted by Gasteiger charge is 2.60. The Balaban J connectivity index is 1.50. The molecule has 0 aliphatic heterocycles. The van der Waals surface area contributed by atoms with Gasteiger partial charge in [-0.3, -0.25) is 0 Å². The molecule has 31 heavy (non-hydrogen) atoms. The number of alkyl halides is 1. The maximum Gasteiger partial charge on any atom is 0.145 e. The second-order valence-electron chi connectivity index (χ2n) is 10.9. The van der Waals surface area contributed by atoms with Gasteiger partial charge in [-0.2, -0.15) is 0 Å². The molecule has 4 aliphatic rings. The van der Waals surface area contributed by atoms with Crippen LogP contribution >= 0.6 is 0 Å². The molecule has 5 rings (SSSR count). The first kappa shape index (κ1) is 22.8. The van der Waals surface area contributed by atoms with Crippen LogP contribution in [0.5, 0.6) is 0 Å². The van der Waals surface area contributed by atoms with Crippen molar-refractivity contribution in [2.45, 2.75) is 115 Å². The number of allylic oxidation sites excluding steroid dienone is 4. The topological polar surface area (TPSA) is 0 Å². The van der Waals surface area contributed by atoms with Crippen molar-refractivity contribution < 1.29 is 4.39 Å². The summed E-state index contributed by atoms with van der Waals surface area (Å²) in [6.07, 6.45) is 25.3. The van der Waals surface area contributed by atoms with Gasteiger partial charge in [-0.1, -0.05) is 88.4 Å². The first-order valence-corrected chi connectivity index (χ1v) is 13.2. The molecule has 1 aromatic carbocycles. The minimum absolute atomic E-state index is 0.145. The van der Waals surface area contributed by atoms with Crippen molar-refractivity contribution in [3.8, 4) is 0 Å². The molecule has 0 saturated heterocycles. The van der Waals surface area contributed by atoms with Crippen LogP contribution in [0.15, 0.2) is 48.6 Å². The Morgan fingerprint density at radius 1 is 0.806 bits per heavy atom. The highest BCUT2D eigenvalue weighted by atomic mass is 19.1. The predicted molar refractivity (Wildman–Crippen MR) is 131 cm³/mol. The Kier molecular flexibility index (Phi) is 7.09. The molecule has 1 aromatic rings. The highest BCUT2D eigenvalue weighted by Crippen LogP contribution is 2.66. The molecule has 1 heteroatoms. The largest absolute Gasteiger partial charge is 0.238 e. The first-order chi connectivity index (χ1) is 15.1. The number of hydrogen-bond acceptors (Lipinski definition) is 0. The van der Waals surface area contributed by atoms with Gasteiger partial charge in [0.1, 0.15) is 5.67 Å². The Morgan fingerprint density at radius 2 is 1.45 bits per heavy atom. The SMILES string of the molecule is CCCCCc1ccc(C2C=CC=CC2(F)C23CCC(CCCCC)(CC2)CC3)cc1. The van der Waals surface area contributed by atoms with Crippen LogP contribution in [0.25, 0.3) is 0 Å². The number of fused-ring (bicyclic) bond motifs is 3. The standard InChI is InChI=1S/C30H43F/c1-3-5-7-11-25-13-15-26(16-14-25)27-12-8-10-18-30(27,31)29-22-19-28(20-23-29,21-24-29)17-9-6-4-2/h8,10,12-16,18,27H,3-7,9,11,17,19-24H2,1-2H3. The number of halogens is 1. The first-order valence-electron chi connectivity index (χ1n) is 13.2. The van der Waals surface area contributed by atoms with Crippen LogP contribution in [-0.4, -0.2) is 5.67 Å². The quantitative estimate of drug-likeness (QED) is 0.329. The molecule has 0 aromatic heterocycles. The number of aryl methyl sites for hydroxylation is 1. The molecular formula is C30H43F. The van der Waals surface area contributed by atoms with Gasteiger partial charge < -0.3 is 0 Å². The van der Waals surface area contributed by atoms with Crippen molar-refractivity contribution in [2.75, 3.05) is 0 Å². The molecule has 0 nitrogen and oxygen atoms in total. The van der Waals surface area contributed by atoms with Crippen LogP contribution in [0, 0.1) is 10.8 Å². The van der Waals surface area contributed by atoms with E-state index in [2.05, 4.69) is 50.3 Å². The zero-order chi connectivity index (χ0) is 21.8. The summed E-state index contributed by atoms with van der Waals surface area (Å²) in [5.74, 6) is -0.145. The van der Waals surface area contributed by atoms with Gasteiger partial charge >= 0.3 is 0 Å². The van der Waals surface area contributed by atoms with Crippen molar-refractivity contribution in [2.24, 2.45) is 10.8 Å². The molecule has 0 heterocycles. The second-order valence-corrected chi connectivity index (χ2v) is 10.9. The predicted octanol–water partition coefficient (Wildman–Crippen LogP) is 9.26. The normalized spacial score (nSPS) is 34.4. The van der Waals surface area contributed by atoms with Crippen molar-refractivity contribution in [1.29, 1.82) is 0 Å². The fourth-order valence-corrected chi connectivity index (χ4v) is 6.91.